The molecule has 19 heavy (non-hydrogen) atoms. The fraction of sp³-hybridized carbons (Fsp3) is 0.0714. The zero-order chi connectivity index (χ0) is 13.4. The van der Waals surface area contributed by atoms with Gasteiger partial charge in [0.05, 0.1) is 17.1 Å². The van der Waals surface area contributed by atoms with E-state index in [9.17, 15) is 8.78 Å². The zero-order valence-corrected chi connectivity index (χ0v) is 10.5. The molecule has 0 aliphatic carbocycles. The van der Waals surface area contributed by atoms with Crippen molar-refractivity contribution in [1.82, 2.24) is 0 Å². The predicted octanol–water partition coefficient (Wildman–Crippen LogP) is 3.99. The SMILES string of the molecule is Fc1ccc2c(c1)CN=C(c1c(F)cccc1Cl)N2. The molecule has 2 aromatic carbocycles. The van der Waals surface area contributed by atoms with Gasteiger partial charge in [-0.3, -0.25) is 4.99 Å². The van der Waals surface area contributed by atoms with Crippen molar-refractivity contribution in [1.29, 1.82) is 0 Å². The summed E-state index contributed by atoms with van der Waals surface area (Å²) in [6.45, 7) is 0.292. The lowest BCUT2D eigenvalue weighted by Crippen LogP contribution is -2.20. The van der Waals surface area contributed by atoms with Gasteiger partial charge in [0.1, 0.15) is 17.5 Å². The minimum Gasteiger partial charge on any atom is -0.340 e. The largest absolute Gasteiger partial charge is 0.340 e. The van der Waals surface area contributed by atoms with Crippen molar-refractivity contribution in [2.24, 2.45) is 4.99 Å². The topological polar surface area (TPSA) is 24.4 Å². The lowest BCUT2D eigenvalue weighted by molar-refractivity contribution is 0.623. The standard InChI is InChI=1S/C14H9ClF2N2/c15-10-2-1-3-11(17)13(10)14-18-7-8-6-9(16)4-5-12(8)19-14/h1-6H,7H2,(H,18,19). The number of hydrogen-bond acceptors (Lipinski definition) is 2. The first-order chi connectivity index (χ1) is 9.15. The van der Waals surface area contributed by atoms with E-state index in [1.54, 1.807) is 12.1 Å². The van der Waals surface area contributed by atoms with E-state index in [1.165, 1.54) is 24.3 Å². The van der Waals surface area contributed by atoms with E-state index >= 15 is 0 Å². The minimum atomic E-state index is -0.440. The third kappa shape index (κ3) is 2.19. The fourth-order valence-electron chi connectivity index (χ4n) is 2.01. The number of anilines is 1. The Bertz CT molecular complexity index is 663. The molecule has 0 amide bonds. The Hall–Kier alpha value is -1.94. The third-order valence-corrected chi connectivity index (χ3v) is 3.24. The Kier molecular flexibility index (Phi) is 2.95. The highest BCUT2D eigenvalue weighted by molar-refractivity contribution is 6.35. The normalized spacial score (nSPS) is 13.5. The monoisotopic (exact) mass is 278 g/mol. The molecule has 0 fully saturated rings. The Morgan fingerprint density at radius 3 is 2.79 bits per heavy atom. The smallest absolute Gasteiger partial charge is 0.137 e. The number of rotatable bonds is 1. The van der Waals surface area contributed by atoms with Crippen LogP contribution in [0.25, 0.3) is 0 Å². The molecule has 0 spiro atoms. The van der Waals surface area contributed by atoms with Crippen molar-refractivity contribution in [3.63, 3.8) is 0 Å². The molecule has 5 heteroatoms. The molecule has 3 rings (SSSR count). The van der Waals surface area contributed by atoms with Crippen LogP contribution in [-0.2, 0) is 6.54 Å². The van der Waals surface area contributed by atoms with Crippen LogP contribution in [0.15, 0.2) is 41.4 Å². The third-order valence-electron chi connectivity index (χ3n) is 2.93. The van der Waals surface area contributed by atoms with Gasteiger partial charge in [-0.15, -0.1) is 0 Å². The summed E-state index contributed by atoms with van der Waals surface area (Å²) in [5.74, 6) is -0.394. The highest BCUT2D eigenvalue weighted by atomic mass is 35.5. The van der Waals surface area contributed by atoms with E-state index < -0.39 is 5.82 Å². The van der Waals surface area contributed by atoms with Gasteiger partial charge in [0.15, 0.2) is 0 Å². The summed E-state index contributed by atoms with van der Waals surface area (Å²) in [6, 6.07) is 8.82. The second-order valence-corrected chi connectivity index (χ2v) is 4.60. The average Bonchev–Trinajstić information content (AvgIpc) is 2.38. The van der Waals surface area contributed by atoms with Gasteiger partial charge >= 0.3 is 0 Å². The van der Waals surface area contributed by atoms with Crippen molar-refractivity contribution in [3.05, 3.63) is 64.2 Å². The summed E-state index contributed by atoms with van der Waals surface area (Å²) >= 11 is 5.99. The van der Waals surface area contributed by atoms with Gasteiger partial charge in [-0.1, -0.05) is 17.7 Å². The van der Waals surface area contributed by atoms with Crippen LogP contribution in [0.2, 0.25) is 5.02 Å². The first-order valence-corrected chi connectivity index (χ1v) is 6.07. The molecule has 1 heterocycles. The molecule has 1 aliphatic rings. The number of aliphatic imine (C=N–C) groups is 1. The molecule has 0 atom stereocenters. The molecule has 0 radical (unpaired) electrons. The maximum atomic E-state index is 13.8. The first kappa shape index (κ1) is 12.1. The van der Waals surface area contributed by atoms with Crippen LogP contribution in [-0.4, -0.2) is 5.84 Å². The lowest BCUT2D eigenvalue weighted by atomic mass is 10.1. The van der Waals surface area contributed by atoms with E-state index in [0.717, 1.165) is 5.56 Å². The number of nitrogens with zero attached hydrogens (tertiary/aromatic N) is 1. The van der Waals surface area contributed by atoms with E-state index in [1.807, 2.05) is 0 Å². The highest BCUT2D eigenvalue weighted by Crippen LogP contribution is 2.26. The zero-order valence-electron chi connectivity index (χ0n) is 9.75. The number of nitrogens with one attached hydrogen (secondary N) is 1. The average molecular weight is 279 g/mol. The molecular formula is C14H9ClF2N2. The Labute approximate surface area is 113 Å². The summed E-state index contributed by atoms with van der Waals surface area (Å²) < 4.78 is 26.9. The van der Waals surface area contributed by atoms with Gasteiger partial charge in [-0.2, -0.15) is 0 Å². The van der Waals surface area contributed by atoms with E-state index in [0.29, 0.717) is 18.1 Å². The quantitative estimate of drug-likeness (QED) is 0.838. The Morgan fingerprint density at radius 1 is 1.16 bits per heavy atom. The summed E-state index contributed by atoms with van der Waals surface area (Å²) in [4.78, 5) is 4.22. The number of fused-ring (bicyclic) bond motifs is 1. The van der Waals surface area contributed by atoms with Crippen LogP contribution in [0, 0.1) is 11.6 Å². The van der Waals surface area contributed by atoms with Crippen molar-refractivity contribution >= 4 is 23.1 Å². The van der Waals surface area contributed by atoms with Crippen molar-refractivity contribution in [3.8, 4) is 0 Å². The highest BCUT2D eigenvalue weighted by Gasteiger charge is 2.18. The second-order valence-electron chi connectivity index (χ2n) is 4.19. The van der Waals surface area contributed by atoms with E-state index in [4.69, 9.17) is 11.6 Å². The molecule has 0 bridgehead atoms. The molecule has 0 saturated heterocycles. The number of benzene rings is 2. The first-order valence-electron chi connectivity index (χ1n) is 5.69. The number of halogens is 3. The van der Waals surface area contributed by atoms with Crippen LogP contribution in [0.4, 0.5) is 14.5 Å². The molecule has 1 aliphatic heterocycles. The molecule has 0 aromatic heterocycles. The fourth-order valence-corrected chi connectivity index (χ4v) is 2.26. The van der Waals surface area contributed by atoms with E-state index in [-0.39, 0.29) is 16.4 Å². The van der Waals surface area contributed by atoms with Gasteiger partial charge in [0.2, 0.25) is 0 Å². The molecule has 0 saturated carbocycles. The number of hydrogen-bond donors (Lipinski definition) is 1. The molecule has 0 unspecified atom stereocenters. The molecule has 96 valence electrons. The second kappa shape index (κ2) is 4.63. The summed E-state index contributed by atoms with van der Waals surface area (Å²) in [5, 5.41) is 3.27. The summed E-state index contributed by atoms with van der Waals surface area (Å²) in [6.07, 6.45) is 0. The molecular weight excluding hydrogens is 270 g/mol. The van der Waals surface area contributed by atoms with Crippen LogP contribution in [0.1, 0.15) is 11.1 Å². The van der Waals surface area contributed by atoms with Crippen LogP contribution in [0.3, 0.4) is 0 Å². The lowest BCUT2D eigenvalue weighted by Gasteiger charge is -2.19. The van der Waals surface area contributed by atoms with Gasteiger partial charge in [-0.05, 0) is 35.9 Å². The van der Waals surface area contributed by atoms with E-state index in [2.05, 4.69) is 10.3 Å². The Balaban J connectivity index is 2.02. The predicted molar refractivity (Wildman–Crippen MR) is 71.7 cm³/mol. The van der Waals surface area contributed by atoms with Crippen LogP contribution >= 0.6 is 11.6 Å². The summed E-state index contributed by atoms with van der Waals surface area (Å²) in [7, 11) is 0. The maximum absolute atomic E-state index is 13.8. The van der Waals surface area contributed by atoms with Crippen molar-refractivity contribution < 1.29 is 8.78 Å². The van der Waals surface area contributed by atoms with Crippen molar-refractivity contribution in [2.75, 3.05) is 5.32 Å². The molecule has 2 aromatic rings. The minimum absolute atomic E-state index is 0.235. The van der Waals surface area contributed by atoms with Crippen molar-refractivity contribution in [2.45, 2.75) is 6.54 Å². The molecule has 1 N–H and O–H groups in total. The summed E-state index contributed by atoms with van der Waals surface area (Å²) in [5.41, 5.74) is 1.68. The Morgan fingerprint density at radius 2 is 2.00 bits per heavy atom. The van der Waals surface area contributed by atoms with Gasteiger partial charge in [-0.25, -0.2) is 8.78 Å². The van der Waals surface area contributed by atoms with Gasteiger partial charge < -0.3 is 5.32 Å². The van der Waals surface area contributed by atoms with Crippen LogP contribution < -0.4 is 5.32 Å². The maximum Gasteiger partial charge on any atom is 0.137 e. The van der Waals surface area contributed by atoms with Crippen LogP contribution in [0.5, 0.6) is 0 Å². The van der Waals surface area contributed by atoms with Gasteiger partial charge in [0, 0.05) is 5.69 Å². The molecule has 2 nitrogen and oxygen atoms in total. The number of amidine groups is 1. The van der Waals surface area contributed by atoms with Gasteiger partial charge in [0.25, 0.3) is 0 Å².